The van der Waals surface area contributed by atoms with Crippen LogP contribution < -0.4 is 16.5 Å². The molecule has 14 nitrogen and oxygen atoms in total. The van der Waals surface area contributed by atoms with E-state index in [1.807, 2.05) is 0 Å². The van der Waals surface area contributed by atoms with Crippen LogP contribution in [-0.2, 0) is 25.8 Å². The highest BCUT2D eigenvalue weighted by Crippen LogP contribution is 2.27. The van der Waals surface area contributed by atoms with Crippen molar-refractivity contribution in [2.75, 3.05) is 6.54 Å². The van der Waals surface area contributed by atoms with Crippen LogP contribution in [0.5, 0.6) is 0 Å². The Morgan fingerprint density at radius 1 is 1.21 bits per heavy atom. The van der Waals surface area contributed by atoms with Crippen LogP contribution in [0.4, 0.5) is 10.5 Å². The number of carbonyl (C=O) groups is 4. The molecule has 2 atom stereocenters. The molecule has 1 aliphatic rings. The zero-order valence-electron chi connectivity index (χ0n) is 21.9. The molecule has 2 aromatic rings. The van der Waals surface area contributed by atoms with E-state index in [1.165, 1.54) is 30.5 Å². The van der Waals surface area contributed by atoms with Gasteiger partial charge in [0.15, 0.2) is 5.76 Å². The van der Waals surface area contributed by atoms with Gasteiger partial charge in [-0.1, -0.05) is 27.7 Å². The van der Waals surface area contributed by atoms with Crippen molar-refractivity contribution in [3.8, 4) is 11.3 Å². The van der Waals surface area contributed by atoms with Crippen LogP contribution >= 0.6 is 0 Å². The van der Waals surface area contributed by atoms with Crippen molar-refractivity contribution in [2.45, 2.75) is 46.4 Å². The highest BCUT2D eigenvalue weighted by atomic mass is 16.6. The smallest absolute Gasteiger partial charge is 0.344 e. The van der Waals surface area contributed by atoms with Gasteiger partial charge in [0, 0.05) is 23.3 Å². The second-order valence-electron chi connectivity index (χ2n) is 9.59. The van der Waals surface area contributed by atoms with Crippen LogP contribution in [-0.4, -0.2) is 58.3 Å². The fourth-order valence-electron chi connectivity index (χ4n) is 3.52. The van der Waals surface area contributed by atoms with Gasteiger partial charge in [0.05, 0.1) is 23.8 Å². The van der Waals surface area contributed by atoms with Gasteiger partial charge in [-0.3, -0.25) is 34.7 Å². The highest BCUT2D eigenvalue weighted by Gasteiger charge is 2.33. The summed E-state index contributed by atoms with van der Waals surface area (Å²) < 4.78 is 5.86. The molecule has 0 saturated carbocycles. The summed E-state index contributed by atoms with van der Waals surface area (Å²) >= 11 is 0. The number of nitro groups is 1. The number of hydrogen-bond acceptors (Lipinski definition) is 11. The van der Waals surface area contributed by atoms with E-state index in [9.17, 15) is 29.3 Å². The Labute approximate surface area is 223 Å². The third-order valence-corrected chi connectivity index (χ3v) is 5.94. The van der Waals surface area contributed by atoms with Crippen LogP contribution in [0.3, 0.4) is 0 Å². The summed E-state index contributed by atoms with van der Waals surface area (Å²) in [6.07, 6.45) is 1.22. The lowest BCUT2D eigenvalue weighted by Gasteiger charge is -2.22. The number of imide groups is 1. The Balaban J connectivity index is 1.82. The van der Waals surface area contributed by atoms with Gasteiger partial charge >= 0.3 is 6.03 Å². The van der Waals surface area contributed by atoms with E-state index >= 15 is 0 Å². The summed E-state index contributed by atoms with van der Waals surface area (Å²) in [6, 6.07) is 4.67. The Kier molecular flexibility index (Phi) is 9.40. The van der Waals surface area contributed by atoms with E-state index in [1.54, 1.807) is 33.8 Å². The average molecular weight is 543 g/mol. The molecule has 3 rings (SSSR count). The number of Topliss-reactive ketones (excluding diaryl/α,β-unsaturated/α-hetero) is 2. The maximum atomic E-state index is 12.8. The fraction of sp³-hybridized carbons (Fsp3) is 0.400. The molecule has 1 saturated heterocycles. The Morgan fingerprint density at radius 2 is 1.87 bits per heavy atom. The monoisotopic (exact) mass is 542 g/mol. The number of nitro benzene ring substituents is 1. The first kappa shape index (κ1) is 29.3. The van der Waals surface area contributed by atoms with Gasteiger partial charge in [-0.2, -0.15) is 10.6 Å². The number of hydrazone groups is 1. The number of hydroxylamine groups is 1. The van der Waals surface area contributed by atoms with E-state index in [0.29, 0.717) is 16.9 Å². The summed E-state index contributed by atoms with van der Waals surface area (Å²) in [7, 11) is 0. The molecule has 0 aliphatic carbocycles. The molecule has 1 aromatic carbocycles. The van der Waals surface area contributed by atoms with Gasteiger partial charge in [0.1, 0.15) is 18.3 Å². The number of hydrogen-bond donors (Lipinski definition) is 3. The summed E-state index contributed by atoms with van der Waals surface area (Å²) in [6.45, 7) is 6.58. The van der Waals surface area contributed by atoms with E-state index < -0.39 is 40.5 Å². The van der Waals surface area contributed by atoms with Gasteiger partial charge in [-0.25, -0.2) is 9.80 Å². The second-order valence-corrected chi connectivity index (χ2v) is 9.59. The molecule has 1 aromatic heterocycles. The molecule has 1 aliphatic heterocycles. The number of nitrogens with zero attached hydrogens (tertiary/aromatic N) is 3. The second kappa shape index (κ2) is 12.5. The van der Waals surface area contributed by atoms with Crippen LogP contribution in [0, 0.1) is 22.0 Å². The zero-order chi connectivity index (χ0) is 28.9. The molecule has 39 heavy (non-hydrogen) atoms. The predicted octanol–water partition coefficient (Wildman–Crippen LogP) is 1.91. The van der Waals surface area contributed by atoms with Gasteiger partial charge in [0.25, 0.3) is 5.69 Å². The SMILES string of the molecule is CC(C)[C@H](N)C(=O)C(=O)[C@@H](NOCc1cc(-c2ccc([N+](=O)[O-])cc2)oc1/C=N/N1CC(=O)NC1=O)C(C)C. The molecular formula is C25H30N6O8. The molecule has 1 fully saturated rings. The average Bonchev–Trinajstić information content (AvgIpc) is 3.44. The molecule has 3 amide bonds. The normalized spacial score (nSPS) is 15.3. The van der Waals surface area contributed by atoms with Crippen molar-refractivity contribution in [3.63, 3.8) is 0 Å². The Bertz CT molecular complexity index is 1280. The standard InChI is InChI=1S/C25H30N6O8/c1-13(2)21(26)23(33)24(34)22(14(3)4)29-38-12-16-9-18(15-5-7-17(8-6-15)31(36)37)39-19(16)10-27-30-11-20(32)28-25(30)35/h5-10,13-14,21-22,29H,11-12,26H2,1-4H3,(H,28,32,35)/b27-10+/t21-,22-/m0/s1. The molecule has 14 heteroatoms. The number of amides is 3. The molecule has 208 valence electrons. The Hall–Kier alpha value is -4.27. The number of ketones is 2. The third kappa shape index (κ3) is 7.19. The number of benzene rings is 1. The molecule has 0 spiro atoms. The lowest BCUT2D eigenvalue weighted by Crippen LogP contribution is -2.50. The number of nitrogens with one attached hydrogen (secondary N) is 2. The van der Waals surface area contributed by atoms with Gasteiger partial charge in [-0.15, -0.1) is 0 Å². The summed E-state index contributed by atoms with van der Waals surface area (Å²) in [4.78, 5) is 64.6. The molecule has 4 N–H and O–H groups in total. The maximum absolute atomic E-state index is 12.8. The first-order chi connectivity index (χ1) is 18.4. The largest absolute Gasteiger partial charge is 0.455 e. The molecule has 0 unspecified atom stereocenters. The number of furan rings is 1. The van der Waals surface area contributed by atoms with Crippen molar-refractivity contribution in [1.29, 1.82) is 0 Å². The summed E-state index contributed by atoms with van der Waals surface area (Å²) in [5.74, 6) is -1.93. The molecule has 0 radical (unpaired) electrons. The number of rotatable bonds is 13. The maximum Gasteiger partial charge on any atom is 0.344 e. The minimum Gasteiger partial charge on any atom is -0.455 e. The van der Waals surface area contributed by atoms with E-state index in [4.69, 9.17) is 15.0 Å². The van der Waals surface area contributed by atoms with Gasteiger partial charge in [0.2, 0.25) is 17.5 Å². The lowest BCUT2D eigenvalue weighted by molar-refractivity contribution is -0.384. The number of nitrogens with two attached hydrogens (primary N) is 1. The highest BCUT2D eigenvalue weighted by molar-refractivity contribution is 6.41. The van der Waals surface area contributed by atoms with E-state index in [0.717, 1.165) is 5.01 Å². The number of carbonyl (C=O) groups excluding carboxylic acids is 4. The van der Waals surface area contributed by atoms with E-state index in [-0.39, 0.29) is 36.4 Å². The van der Waals surface area contributed by atoms with Crippen LogP contribution in [0.2, 0.25) is 0 Å². The van der Waals surface area contributed by atoms with E-state index in [2.05, 4.69) is 15.9 Å². The lowest BCUT2D eigenvalue weighted by atomic mass is 9.91. The third-order valence-electron chi connectivity index (χ3n) is 5.94. The van der Waals surface area contributed by atoms with Crippen LogP contribution in [0.15, 0.2) is 39.9 Å². The molecular weight excluding hydrogens is 512 g/mol. The summed E-state index contributed by atoms with van der Waals surface area (Å²) in [5, 5.41) is 18.0. The number of urea groups is 1. The van der Waals surface area contributed by atoms with Gasteiger partial charge in [-0.05, 0) is 30.0 Å². The van der Waals surface area contributed by atoms with Crippen LogP contribution in [0.25, 0.3) is 11.3 Å². The van der Waals surface area contributed by atoms with Crippen molar-refractivity contribution < 1.29 is 33.4 Å². The Morgan fingerprint density at radius 3 is 2.41 bits per heavy atom. The molecule has 0 bridgehead atoms. The first-order valence-corrected chi connectivity index (χ1v) is 12.1. The number of non-ortho nitro benzene ring substituents is 1. The zero-order valence-corrected chi connectivity index (χ0v) is 21.9. The van der Waals surface area contributed by atoms with Gasteiger partial charge < -0.3 is 10.2 Å². The first-order valence-electron chi connectivity index (χ1n) is 12.1. The fourth-order valence-corrected chi connectivity index (χ4v) is 3.52. The topological polar surface area (TPSA) is 199 Å². The molecule has 2 heterocycles. The van der Waals surface area contributed by atoms with Crippen LogP contribution in [0.1, 0.15) is 39.0 Å². The quantitative estimate of drug-likeness (QED) is 0.110. The minimum absolute atomic E-state index is 0.0966. The van der Waals surface area contributed by atoms with Crippen molar-refractivity contribution in [3.05, 3.63) is 51.8 Å². The predicted molar refractivity (Wildman–Crippen MR) is 138 cm³/mol. The van der Waals surface area contributed by atoms with Crippen molar-refractivity contribution in [1.82, 2.24) is 15.8 Å². The van der Waals surface area contributed by atoms with Crippen molar-refractivity contribution in [2.24, 2.45) is 22.7 Å². The summed E-state index contributed by atoms with van der Waals surface area (Å²) in [5.41, 5.74) is 9.37. The van der Waals surface area contributed by atoms with Crippen molar-refractivity contribution >= 4 is 35.4 Å². The minimum atomic E-state index is -0.959.